The molecule has 1 N–H and O–H groups in total. The van der Waals surface area contributed by atoms with Gasteiger partial charge in [0.2, 0.25) is 0 Å². The largest absolute Gasteiger partial charge is 0.416 e. The van der Waals surface area contributed by atoms with E-state index in [1.165, 1.54) is 6.07 Å². The maximum Gasteiger partial charge on any atom is 0.416 e. The van der Waals surface area contributed by atoms with Crippen LogP contribution in [0, 0.1) is 6.92 Å². The Labute approximate surface area is 161 Å². The molecule has 0 fully saturated rings. The van der Waals surface area contributed by atoms with Gasteiger partial charge in [0.25, 0.3) is 0 Å². The summed E-state index contributed by atoms with van der Waals surface area (Å²) in [5.74, 6) is 0. The van der Waals surface area contributed by atoms with Crippen molar-refractivity contribution in [3.05, 3.63) is 70.8 Å². The lowest BCUT2D eigenvalue weighted by Gasteiger charge is -2.26. The number of thiocarbonyl (C=S) groups is 1. The minimum absolute atomic E-state index is 0.299. The van der Waals surface area contributed by atoms with Crippen molar-refractivity contribution >= 4 is 40.3 Å². The molecule has 0 saturated carbocycles. The first-order valence-corrected chi connectivity index (χ1v) is 8.64. The van der Waals surface area contributed by atoms with E-state index in [-0.39, 0.29) is 0 Å². The van der Waals surface area contributed by atoms with Gasteiger partial charge < -0.3 is 10.2 Å². The molecule has 138 valence electrons. The monoisotopic (exact) mass is 398 g/mol. The van der Waals surface area contributed by atoms with Crippen LogP contribution in [0.3, 0.4) is 0 Å². The second-order valence-corrected chi connectivity index (χ2v) is 6.44. The van der Waals surface area contributed by atoms with Gasteiger partial charge in [-0.15, -0.1) is 0 Å². The van der Waals surface area contributed by atoms with Crippen molar-refractivity contribution < 1.29 is 13.2 Å². The molecular weight excluding hydrogens is 381 g/mol. The van der Waals surface area contributed by atoms with E-state index in [0.29, 0.717) is 22.4 Å². The van der Waals surface area contributed by atoms with Crippen molar-refractivity contribution in [3.8, 4) is 0 Å². The Hall–Kier alpha value is -2.05. The summed E-state index contributed by atoms with van der Waals surface area (Å²) >= 11 is 11.4. The average Bonchev–Trinajstić information content (AvgIpc) is 2.57. The van der Waals surface area contributed by atoms with Crippen LogP contribution in [0.25, 0.3) is 0 Å². The van der Waals surface area contributed by atoms with Gasteiger partial charge in [-0.05, 0) is 68.0 Å². The van der Waals surface area contributed by atoms with Crippen LogP contribution in [0.2, 0.25) is 5.02 Å². The second-order valence-electron chi connectivity index (χ2n) is 5.62. The molecule has 0 aliphatic rings. The van der Waals surface area contributed by atoms with Gasteiger partial charge in [0.15, 0.2) is 5.11 Å². The molecule has 0 aliphatic heterocycles. The standard InChI is InChI=1S/C19H18ClF3N2S/c1-3-4-10-25(16-7-5-6-14(12-16)19(21,22)23)18(26)24-17-9-8-15(20)11-13(17)2/h3-9,11-12H,10H2,1-2H3,(H,24,26)/b4-3+. The number of hydrogen-bond acceptors (Lipinski definition) is 1. The predicted molar refractivity (Wildman–Crippen MR) is 106 cm³/mol. The zero-order valence-corrected chi connectivity index (χ0v) is 15.8. The Morgan fingerprint density at radius 1 is 1.23 bits per heavy atom. The first-order chi connectivity index (χ1) is 12.2. The summed E-state index contributed by atoms with van der Waals surface area (Å²) in [5, 5.41) is 3.99. The van der Waals surface area contributed by atoms with Crippen LogP contribution < -0.4 is 10.2 Å². The molecule has 2 nitrogen and oxygen atoms in total. The SMILES string of the molecule is C/C=C/CN(C(=S)Nc1ccc(Cl)cc1C)c1cccc(C(F)(F)F)c1. The number of allylic oxidation sites excluding steroid dienone is 1. The summed E-state index contributed by atoms with van der Waals surface area (Å²) in [4.78, 5) is 1.61. The van der Waals surface area contributed by atoms with Crippen molar-refractivity contribution in [1.29, 1.82) is 0 Å². The number of alkyl halides is 3. The van der Waals surface area contributed by atoms with Gasteiger partial charge in [-0.3, -0.25) is 0 Å². The van der Waals surface area contributed by atoms with Crippen LogP contribution in [0.5, 0.6) is 0 Å². The third kappa shape index (κ3) is 5.22. The van der Waals surface area contributed by atoms with E-state index in [2.05, 4.69) is 5.32 Å². The van der Waals surface area contributed by atoms with Crippen LogP contribution in [-0.2, 0) is 6.18 Å². The van der Waals surface area contributed by atoms with Crippen LogP contribution in [0.1, 0.15) is 18.1 Å². The number of nitrogens with zero attached hydrogens (tertiary/aromatic N) is 1. The Morgan fingerprint density at radius 3 is 2.58 bits per heavy atom. The third-order valence-corrected chi connectivity index (χ3v) is 4.24. The predicted octanol–water partition coefficient (Wildman–Crippen LogP) is 6.45. The molecule has 0 bridgehead atoms. The lowest BCUT2D eigenvalue weighted by Crippen LogP contribution is -2.35. The molecular formula is C19H18ClF3N2S. The van der Waals surface area contributed by atoms with Crippen LogP contribution in [-0.4, -0.2) is 11.7 Å². The fourth-order valence-electron chi connectivity index (χ4n) is 2.32. The number of nitrogens with one attached hydrogen (secondary N) is 1. The number of hydrogen-bond donors (Lipinski definition) is 1. The molecule has 0 aromatic heterocycles. The number of aryl methyl sites for hydroxylation is 1. The minimum atomic E-state index is -4.41. The maximum atomic E-state index is 13.0. The highest BCUT2D eigenvalue weighted by atomic mass is 35.5. The minimum Gasteiger partial charge on any atom is -0.332 e. The van der Waals surface area contributed by atoms with Crippen LogP contribution >= 0.6 is 23.8 Å². The molecule has 0 heterocycles. The van der Waals surface area contributed by atoms with Crippen molar-refractivity contribution in [3.63, 3.8) is 0 Å². The highest BCUT2D eigenvalue weighted by Crippen LogP contribution is 2.32. The molecule has 0 radical (unpaired) electrons. The number of halogens is 4. The zero-order chi connectivity index (χ0) is 19.3. The summed E-state index contributed by atoms with van der Waals surface area (Å²) in [6.45, 7) is 4.05. The number of benzene rings is 2. The Kier molecular flexibility index (Phi) is 6.67. The molecule has 0 atom stereocenters. The molecule has 0 unspecified atom stereocenters. The van der Waals surface area contributed by atoms with Gasteiger partial charge in [-0.2, -0.15) is 13.2 Å². The molecule has 2 aromatic carbocycles. The summed E-state index contributed by atoms with van der Waals surface area (Å²) in [6.07, 6.45) is -0.774. The Bertz CT molecular complexity index is 819. The molecule has 26 heavy (non-hydrogen) atoms. The molecule has 2 rings (SSSR count). The maximum absolute atomic E-state index is 13.0. The van der Waals surface area contributed by atoms with Crippen molar-refractivity contribution in [2.75, 3.05) is 16.8 Å². The fourth-order valence-corrected chi connectivity index (χ4v) is 2.83. The topological polar surface area (TPSA) is 15.3 Å². The normalized spacial score (nSPS) is 11.6. The molecule has 0 amide bonds. The van der Waals surface area contributed by atoms with E-state index in [9.17, 15) is 13.2 Å². The summed E-state index contributed by atoms with van der Waals surface area (Å²) in [7, 11) is 0. The van der Waals surface area contributed by atoms with Crippen molar-refractivity contribution in [2.45, 2.75) is 20.0 Å². The third-order valence-electron chi connectivity index (χ3n) is 3.68. The second kappa shape index (κ2) is 8.56. The van der Waals surface area contributed by atoms with E-state index in [4.69, 9.17) is 23.8 Å². The quantitative estimate of drug-likeness (QED) is 0.470. The van der Waals surface area contributed by atoms with E-state index in [1.54, 1.807) is 29.2 Å². The fraction of sp³-hybridized carbons (Fsp3) is 0.211. The smallest absolute Gasteiger partial charge is 0.332 e. The summed E-state index contributed by atoms with van der Waals surface area (Å²) in [6, 6.07) is 10.4. The Balaban J connectivity index is 2.33. The van der Waals surface area contributed by atoms with Gasteiger partial charge in [-0.1, -0.05) is 29.8 Å². The Morgan fingerprint density at radius 2 is 1.96 bits per heavy atom. The lowest BCUT2D eigenvalue weighted by molar-refractivity contribution is -0.137. The molecule has 0 aliphatic carbocycles. The van der Waals surface area contributed by atoms with Crippen molar-refractivity contribution in [2.24, 2.45) is 0 Å². The van der Waals surface area contributed by atoms with E-state index < -0.39 is 11.7 Å². The highest BCUT2D eigenvalue weighted by Gasteiger charge is 2.31. The van der Waals surface area contributed by atoms with Gasteiger partial charge in [0.05, 0.1) is 5.56 Å². The van der Waals surface area contributed by atoms with Crippen LogP contribution in [0.15, 0.2) is 54.6 Å². The van der Waals surface area contributed by atoms with Crippen LogP contribution in [0.4, 0.5) is 24.5 Å². The molecule has 0 saturated heterocycles. The molecule has 2 aromatic rings. The number of anilines is 2. The van der Waals surface area contributed by atoms with Gasteiger partial charge >= 0.3 is 6.18 Å². The lowest BCUT2D eigenvalue weighted by atomic mass is 10.1. The average molecular weight is 399 g/mol. The van der Waals surface area contributed by atoms with Gasteiger partial charge in [0, 0.05) is 22.9 Å². The molecule has 7 heteroatoms. The van der Waals surface area contributed by atoms with Crippen molar-refractivity contribution in [1.82, 2.24) is 0 Å². The summed E-state index contributed by atoms with van der Waals surface area (Å²) in [5.41, 5.74) is 1.28. The number of rotatable bonds is 4. The van der Waals surface area contributed by atoms with Gasteiger partial charge in [0.1, 0.15) is 0 Å². The van der Waals surface area contributed by atoms with Gasteiger partial charge in [-0.25, -0.2) is 0 Å². The highest BCUT2D eigenvalue weighted by molar-refractivity contribution is 7.80. The van der Waals surface area contributed by atoms with E-state index >= 15 is 0 Å². The first kappa shape index (κ1) is 20.3. The molecule has 0 spiro atoms. The van der Waals surface area contributed by atoms with E-state index in [0.717, 1.165) is 23.4 Å². The first-order valence-electron chi connectivity index (χ1n) is 7.85. The summed E-state index contributed by atoms with van der Waals surface area (Å²) < 4.78 is 39.1. The van der Waals surface area contributed by atoms with E-state index in [1.807, 2.05) is 26.0 Å². The zero-order valence-electron chi connectivity index (χ0n) is 14.3.